The van der Waals surface area contributed by atoms with Gasteiger partial charge in [-0.05, 0) is 104 Å². The molecule has 8 rings (SSSR count). The fraction of sp³-hybridized carbons (Fsp3) is 1.00. The van der Waals surface area contributed by atoms with Gasteiger partial charge in [-0.2, -0.15) is 0 Å². The third kappa shape index (κ3) is 5.68. The van der Waals surface area contributed by atoms with Gasteiger partial charge in [0.1, 0.15) is 42.7 Å². The van der Waals surface area contributed by atoms with Crippen LogP contribution in [0.3, 0.4) is 0 Å². The Morgan fingerprint density at radius 3 is 2.28 bits per heavy atom. The van der Waals surface area contributed by atoms with Crippen LogP contribution in [0, 0.1) is 52.3 Å². The highest BCUT2D eigenvalue weighted by Crippen LogP contribution is 2.71. The van der Waals surface area contributed by atoms with Gasteiger partial charge in [-0.1, -0.05) is 27.7 Å². The van der Waals surface area contributed by atoms with Crippen molar-refractivity contribution in [1.29, 1.82) is 0 Å². The predicted molar refractivity (Wildman–Crippen MR) is 177 cm³/mol. The maximum absolute atomic E-state index is 11.1. The lowest BCUT2D eigenvalue weighted by Gasteiger charge is -2.61. The van der Waals surface area contributed by atoms with Crippen molar-refractivity contribution in [3.8, 4) is 0 Å². The quantitative estimate of drug-likeness (QED) is 0.230. The summed E-state index contributed by atoms with van der Waals surface area (Å²) in [6.07, 6.45) is -1.38. The Labute approximate surface area is 296 Å². The topological polar surface area (TPSA) is 177 Å². The summed E-state index contributed by atoms with van der Waals surface area (Å²) in [6, 6.07) is 0. The van der Waals surface area contributed by atoms with Crippen molar-refractivity contribution in [2.75, 3.05) is 19.8 Å². The number of ether oxygens (including phenoxy) is 6. The van der Waals surface area contributed by atoms with Crippen molar-refractivity contribution < 1.29 is 59.1 Å². The molecule has 1 spiro atoms. The Balaban J connectivity index is 0.977. The van der Waals surface area contributed by atoms with Gasteiger partial charge < -0.3 is 59.1 Å². The van der Waals surface area contributed by atoms with Gasteiger partial charge in [0.25, 0.3) is 0 Å². The molecular weight excluding hydrogens is 648 g/mol. The Morgan fingerprint density at radius 1 is 0.760 bits per heavy atom. The molecule has 8 fully saturated rings. The summed E-state index contributed by atoms with van der Waals surface area (Å²) in [4.78, 5) is 0. The molecule has 4 aliphatic carbocycles. The van der Waals surface area contributed by atoms with Crippen LogP contribution < -0.4 is 0 Å². The smallest absolute Gasteiger partial charge is 0.187 e. The summed E-state index contributed by atoms with van der Waals surface area (Å²) in [6.45, 7) is 9.70. The summed E-state index contributed by atoms with van der Waals surface area (Å²) in [5.41, 5.74) is 0.296. The van der Waals surface area contributed by atoms with E-state index in [2.05, 4.69) is 27.7 Å². The van der Waals surface area contributed by atoms with E-state index in [9.17, 15) is 30.6 Å². The van der Waals surface area contributed by atoms with Crippen molar-refractivity contribution in [2.45, 2.75) is 165 Å². The molecule has 6 N–H and O–H groups in total. The average molecular weight is 711 g/mol. The van der Waals surface area contributed by atoms with E-state index < -0.39 is 67.7 Å². The van der Waals surface area contributed by atoms with Crippen LogP contribution in [0.1, 0.15) is 91.9 Å². The highest BCUT2D eigenvalue weighted by atomic mass is 16.8. The highest BCUT2D eigenvalue weighted by Gasteiger charge is 2.69. The molecule has 0 aromatic heterocycles. The van der Waals surface area contributed by atoms with E-state index in [1.807, 2.05) is 0 Å². The molecule has 286 valence electrons. The van der Waals surface area contributed by atoms with Crippen molar-refractivity contribution in [2.24, 2.45) is 52.3 Å². The van der Waals surface area contributed by atoms with Gasteiger partial charge in [0.15, 0.2) is 18.4 Å². The lowest BCUT2D eigenvalue weighted by Crippen LogP contribution is -2.64. The molecule has 0 bridgehead atoms. The summed E-state index contributed by atoms with van der Waals surface area (Å²) >= 11 is 0. The molecule has 8 aliphatic rings. The first-order valence-electron chi connectivity index (χ1n) is 19.7. The Bertz CT molecular complexity index is 1210. The van der Waals surface area contributed by atoms with E-state index in [1.165, 1.54) is 32.1 Å². The zero-order valence-electron chi connectivity index (χ0n) is 30.2. The number of fused-ring (bicyclic) bond motifs is 7. The summed E-state index contributed by atoms with van der Waals surface area (Å²) in [5, 5.41) is 62.5. The molecular formula is C38H62O12. The van der Waals surface area contributed by atoms with E-state index in [0.717, 1.165) is 38.7 Å². The minimum Gasteiger partial charge on any atom is -0.394 e. The Kier molecular flexibility index (Phi) is 9.76. The van der Waals surface area contributed by atoms with Crippen LogP contribution in [0.15, 0.2) is 0 Å². The first-order chi connectivity index (χ1) is 23.8. The molecule has 4 aliphatic heterocycles. The molecule has 50 heavy (non-hydrogen) atoms. The van der Waals surface area contributed by atoms with Gasteiger partial charge in [-0.3, -0.25) is 0 Å². The second kappa shape index (κ2) is 13.4. The van der Waals surface area contributed by atoms with Crippen LogP contribution in [-0.4, -0.2) is 124 Å². The van der Waals surface area contributed by atoms with Crippen molar-refractivity contribution >= 4 is 0 Å². The van der Waals surface area contributed by atoms with Crippen molar-refractivity contribution in [1.82, 2.24) is 0 Å². The van der Waals surface area contributed by atoms with Crippen LogP contribution in [-0.2, 0) is 28.4 Å². The van der Waals surface area contributed by atoms with E-state index in [1.54, 1.807) is 0 Å². The van der Waals surface area contributed by atoms with Gasteiger partial charge in [-0.15, -0.1) is 0 Å². The largest absolute Gasteiger partial charge is 0.394 e. The third-order valence-corrected chi connectivity index (χ3v) is 15.7. The van der Waals surface area contributed by atoms with Crippen molar-refractivity contribution in [3.63, 3.8) is 0 Å². The highest BCUT2D eigenvalue weighted by molar-refractivity contribution is 5.15. The molecule has 1 unspecified atom stereocenters. The van der Waals surface area contributed by atoms with Crippen LogP contribution in [0.5, 0.6) is 0 Å². The molecule has 0 amide bonds. The fourth-order valence-electron chi connectivity index (χ4n) is 13.0. The van der Waals surface area contributed by atoms with Gasteiger partial charge >= 0.3 is 0 Å². The zero-order chi connectivity index (χ0) is 35.3. The van der Waals surface area contributed by atoms with Crippen LogP contribution in [0.2, 0.25) is 0 Å². The lowest BCUT2D eigenvalue weighted by molar-refractivity contribution is -0.364. The van der Waals surface area contributed by atoms with Crippen LogP contribution in [0.25, 0.3) is 0 Å². The average Bonchev–Trinajstić information content (AvgIpc) is 3.54. The van der Waals surface area contributed by atoms with E-state index in [0.29, 0.717) is 41.4 Å². The lowest BCUT2D eigenvalue weighted by atomic mass is 9.44. The normalized spacial score (nSPS) is 59.4. The van der Waals surface area contributed by atoms with Crippen molar-refractivity contribution in [3.05, 3.63) is 0 Å². The number of hydrogen-bond donors (Lipinski definition) is 6. The monoisotopic (exact) mass is 710 g/mol. The van der Waals surface area contributed by atoms with E-state index in [4.69, 9.17) is 28.4 Å². The molecule has 21 atom stereocenters. The summed E-state index contributed by atoms with van der Waals surface area (Å²) in [7, 11) is 0. The summed E-state index contributed by atoms with van der Waals surface area (Å²) in [5.74, 6) is 3.51. The van der Waals surface area contributed by atoms with Crippen LogP contribution >= 0.6 is 0 Å². The Hall–Kier alpha value is -0.480. The third-order valence-electron chi connectivity index (χ3n) is 15.7. The molecule has 0 radical (unpaired) electrons. The Morgan fingerprint density at radius 2 is 1.54 bits per heavy atom. The molecule has 4 saturated heterocycles. The SMILES string of the molecule is CC1CC[C@@]2(OC1)O[C@H]1C[C@H]3[C@@H]4CC[C@@H]5CC[C@@H](O[C@@H]6O[C@H](CO)[C@H](O)[C@H](O)[C@H]6O[C@@H]6OC[C@@H](O)[C@H](O)[C@H]6O)C[C@]5(C)[C@H]4CC[C@]3(C)[C@H]1[C@@H]2C. The second-order valence-electron chi connectivity index (χ2n) is 18.3. The minimum atomic E-state index is -1.59. The number of aliphatic hydroxyl groups is 6. The predicted octanol–water partition coefficient (Wildman–Crippen LogP) is 2.08. The molecule has 12 heteroatoms. The molecule has 4 heterocycles. The standard InChI is InChI=1S/C38H62O12/c1-18-9-12-38(46-16-18)19(2)28-26(50-38)13-24-22-8-6-20-5-7-21(14-37(20,4)23(22)10-11-36(24,28)3)47-35-33(31(43)30(42)27(15-39)48-35)49-34-32(44)29(41)25(40)17-45-34/h18-35,39-44H,5-17H2,1-4H3/t18?,19-,20-,21+,22+,23-,24-,25+,26-,27+,28-,29-,30-,31-,32+,33+,34-,35+,36-,37-,38+/m0/s1. The van der Waals surface area contributed by atoms with Gasteiger partial charge in [0.2, 0.25) is 0 Å². The number of hydrogen-bond acceptors (Lipinski definition) is 12. The molecule has 0 aromatic carbocycles. The molecule has 0 aromatic rings. The number of rotatable bonds is 5. The second-order valence-corrected chi connectivity index (χ2v) is 18.3. The first kappa shape index (κ1) is 36.5. The van der Waals surface area contributed by atoms with Gasteiger partial charge in [0, 0.05) is 12.3 Å². The zero-order valence-corrected chi connectivity index (χ0v) is 30.2. The molecule has 12 nitrogen and oxygen atoms in total. The first-order valence-corrected chi connectivity index (χ1v) is 19.7. The van der Waals surface area contributed by atoms with Gasteiger partial charge in [-0.25, -0.2) is 0 Å². The number of aliphatic hydroxyl groups excluding tert-OH is 6. The van der Waals surface area contributed by atoms with Crippen LogP contribution in [0.4, 0.5) is 0 Å². The van der Waals surface area contributed by atoms with E-state index >= 15 is 0 Å². The maximum Gasteiger partial charge on any atom is 0.187 e. The fourth-order valence-corrected chi connectivity index (χ4v) is 13.0. The van der Waals surface area contributed by atoms with Gasteiger partial charge in [0.05, 0.1) is 32.0 Å². The maximum atomic E-state index is 11.1. The summed E-state index contributed by atoms with van der Waals surface area (Å²) < 4.78 is 37.6. The minimum absolute atomic E-state index is 0.0592. The van der Waals surface area contributed by atoms with E-state index in [-0.39, 0.29) is 29.6 Å². The molecule has 4 saturated carbocycles.